The molecule has 3 rings (SSSR count). The van der Waals surface area contributed by atoms with E-state index in [2.05, 4.69) is 4.98 Å². The van der Waals surface area contributed by atoms with Gasteiger partial charge in [-0.2, -0.15) is 0 Å². The molecule has 3 nitrogen and oxygen atoms in total. The second kappa shape index (κ2) is 4.04. The standard InChI is InChI=1S/C13H14N2OS/c1-16-10-4-2-3-9(7-10)11-12(14)17-13(15-11)8-5-6-8/h2-4,7-8H,5-6,14H2,1H3. The van der Waals surface area contributed by atoms with Gasteiger partial charge in [0.2, 0.25) is 0 Å². The minimum atomic E-state index is 0.654. The smallest absolute Gasteiger partial charge is 0.119 e. The summed E-state index contributed by atoms with van der Waals surface area (Å²) in [7, 11) is 1.67. The van der Waals surface area contributed by atoms with Crippen molar-refractivity contribution in [2.45, 2.75) is 18.8 Å². The van der Waals surface area contributed by atoms with Gasteiger partial charge >= 0.3 is 0 Å². The Morgan fingerprint density at radius 1 is 1.41 bits per heavy atom. The maximum Gasteiger partial charge on any atom is 0.119 e. The number of benzene rings is 1. The summed E-state index contributed by atoms with van der Waals surface area (Å²) in [5, 5.41) is 1.99. The number of thiazole rings is 1. The number of methoxy groups -OCH3 is 1. The molecule has 1 aliphatic carbocycles. The lowest BCUT2D eigenvalue weighted by Crippen LogP contribution is -1.88. The molecule has 0 spiro atoms. The van der Waals surface area contributed by atoms with Crippen LogP contribution in [0.1, 0.15) is 23.8 Å². The number of aromatic nitrogens is 1. The molecule has 4 heteroatoms. The van der Waals surface area contributed by atoms with E-state index in [1.807, 2.05) is 24.3 Å². The minimum Gasteiger partial charge on any atom is -0.497 e. The lowest BCUT2D eigenvalue weighted by Gasteiger charge is -2.02. The summed E-state index contributed by atoms with van der Waals surface area (Å²) >= 11 is 1.62. The average molecular weight is 246 g/mol. The molecule has 0 bridgehead atoms. The van der Waals surface area contributed by atoms with Crippen molar-refractivity contribution in [1.82, 2.24) is 4.98 Å². The largest absolute Gasteiger partial charge is 0.497 e. The first-order valence-corrected chi connectivity index (χ1v) is 6.50. The van der Waals surface area contributed by atoms with E-state index in [1.54, 1.807) is 18.4 Å². The van der Waals surface area contributed by atoms with E-state index in [0.29, 0.717) is 5.92 Å². The summed E-state index contributed by atoms with van der Waals surface area (Å²) in [6, 6.07) is 7.88. The van der Waals surface area contributed by atoms with E-state index in [1.165, 1.54) is 17.8 Å². The van der Waals surface area contributed by atoms with Crippen LogP contribution in [0.15, 0.2) is 24.3 Å². The first kappa shape index (κ1) is 10.6. The van der Waals surface area contributed by atoms with E-state index < -0.39 is 0 Å². The molecule has 0 unspecified atom stereocenters. The van der Waals surface area contributed by atoms with Gasteiger partial charge < -0.3 is 10.5 Å². The van der Waals surface area contributed by atoms with Crippen molar-refractivity contribution in [2.75, 3.05) is 12.8 Å². The highest BCUT2D eigenvalue weighted by Crippen LogP contribution is 2.45. The van der Waals surface area contributed by atoms with Gasteiger partial charge in [-0.25, -0.2) is 4.98 Å². The van der Waals surface area contributed by atoms with E-state index in [0.717, 1.165) is 22.0 Å². The molecule has 1 fully saturated rings. The third-order valence-electron chi connectivity index (χ3n) is 2.94. The highest BCUT2D eigenvalue weighted by molar-refractivity contribution is 7.16. The van der Waals surface area contributed by atoms with Crippen LogP contribution in [0.5, 0.6) is 5.75 Å². The Balaban J connectivity index is 2.01. The van der Waals surface area contributed by atoms with Crippen LogP contribution in [0.2, 0.25) is 0 Å². The highest BCUT2D eigenvalue weighted by atomic mass is 32.1. The molecule has 1 saturated carbocycles. The molecule has 1 aromatic heterocycles. The quantitative estimate of drug-likeness (QED) is 0.904. The van der Waals surface area contributed by atoms with E-state index in [-0.39, 0.29) is 0 Å². The third-order valence-corrected chi connectivity index (χ3v) is 3.99. The summed E-state index contributed by atoms with van der Waals surface area (Å²) in [4.78, 5) is 4.66. The maximum absolute atomic E-state index is 6.05. The fourth-order valence-corrected chi connectivity index (χ4v) is 2.86. The van der Waals surface area contributed by atoms with Crippen molar-refractivity contribution in [3.05, 3.63) is 29.3 Å². The summed E-state index contributed by atoms with van der Waals surface area (Å²) in [5.41, 5.74) is 7.98. The number of nitrogen functional groups attached to an aromatic ring is 1. The zero-order valence-electron chi connectivity index (χ0n) is 9.64. The van der Waals surface area contributed by atoms with E-state index in [9.17, 15) is 0 Å². The number of nitrogens with zero attached hydrogens (tertiary/aromatic N) is 1. The first-order chi connectivity index (χ1) is 8.28. The number of rotatable bonds is 3. The SMILES string of the molecule is COc1cccc(-c2nc(C3CC3)sc2N)c1. The second-order valence-electron chi connectivity index (χ2n) is 4.27. The van der Waals surface area contributed by atoms with Crippen LogP contribution < -0.4 is 10.5 Å². The zero-order valence-corrected chi connectivity index (χ0v) is 10.5. The van der Waals surface area contributed by atoms with Crippen LogP contribution >= 0.6 is 11.3 Å². The molecular formula is C13H14N2OS. The number of hydrogen-bond donors (Lipinski definition) is 1. The topological polar surface area (TPSA) is 48.1 Å². The van der Waals surface area contributed by atoms with Gasteiger partial charge in [0, 0.05) is 11.5 Å². The van der Waals surface area contributed by atoms with E-state index >= 15 is 0 Å². The molecule has 0 radical (unpaired) electrons. The van der Waals surface area contributed by atoms with Gasteiger partial charge in [0.15, 0.2) is 0 Å². The molecule has 0 aliphatic heterocycles. The lowest BCUT2D eigenvalue weighted by atomic mass is 10.1. The van der Waals surface area contributed by atoms with Crippen molar-refractivity contribution in [2.24, 2.45) is 0 Å². The molecular weight excluding hydrogens is 232 g/mol. The number of hydrogen-bond acceptors (Lipinski definition) is 4. The van der Waals surface area contributed by atoms with Gasteiger partial charge in [-0.05, 0) is 25.0 Å². The number of anilines is 1. The molecule has 2 aromatic rings. The van der Waals surface area contributed by atoms with Crippen molar-refractivity contribution < 1.29 is 4.74 Å². The Kier molecular flexibility index (Phi) is 2.52. The fourth-order valence-electron chi connectivity index (χ4n) is 1.83. The van der Waals surface area contributed by atoms with Crippen LogP contribution in [0.4, 0.5) is 5.00 Å². The molecule has 88 valence electrons. The average Bonchev–Trinajstić information content (AvgIpc) is 3.13. The van der Waals surface area contributed by atoms with Crippen LogP contribution in [0.25, 0.3) is 11.3 Å². The molecule has 0 atom stereocenters. The Morgan fingerprint density at radius 3 is 2.94 bits per heavy atom. The summed E-state index contributed by atoms with van der Waals surface area (Å²) in [5.74, 6) is 1.49. The van der Waals surface area contributed by atoms with Gasteiger partial charge in [-0.1, -0.05) is 12.1 Å². The Labute approximate surface area is 104 Å². The minimum absolute atomic E-state index is 0.654. The van der Waals surface area contributed by atoms with Crippen LogP contribution in [0.3, 0.4) is 0 Å². The first-order valence-electron chi connectivity index (χ1n) is 5.68. The second-order valence-corrected chi connectivity index (χ2v) is 5.33. The Bertz CT molecular complexity index is 546. The predicted octanol–water partition coefficient (Wildman–Crippen LogP) is 3.28. The molecule has 1 aromatic carbocycles. The summed E-state index contributed by atoms with van der Waals surface area (Å²) < 4.78 is 5.22. The van der Waals surface area contributed by atoms with Crippen molar-refractivity contribution >= 4 is 16.3 Å². The van der Waals surface area contributed by atoms with Gasteiger partial charge in [0.25, 0.3) is 0 Å². The Hall–Kier alpha value is -1.55. The zero-order chi connectivity index (χ0) is 11.8. The molecule has 0 saturated heterocycles. The fraction of sp³-hybridized carbons (Fsp3) is 0.308. The summed E-state index contributed by atoms with van der Waals surface area (Å²) in [6.07, 6.45) is 2.51. The summed E-state index contributed by atoms with van der Waals surface area (Å²) in [6.45, 7) is 0. The molecule has 2 N–H and O–H groups in total. The number of nitrogens with two attached hydrogens (primary N) is 1. The predicted molar refractivity (Wildman–Crippen MR) is 70.5 cm³/mol. The monoisotopic (exact) mass is 246 g/mol. The van der Waals surface area contributed by atoms with Crippen LogP contribution in [0, 0.1) is 0 Å². The molecule has 1 heterocycles. The van der Waals surface area contributed by atoms with Gasteiger partial charge in [-0.15, -0.1) is 11.3 Å². The van der Waals surface area contributed by atoms with Crippen LogP contribution in [-0.4, -0.2) is 12.1 Å². The molecule has 0 amide bonds. The van der Waals surface area contributed by atoms with Gasteiger partial charge in [0.05, 0.1) is 12.1 Å². The van der Waals surface area contributed by atoms with E-state index in [4.69, 9.17) is 10.5 Å². The van der Waals surface area contributed by atoms with Crippen molar-refractivity contribution in [1.29, 1.82) is 0 Å². The van der Waals surface area contributed by atoms with Gasteiger partial charge in [0.1, 0.15) is 16.4 Å². The number of ether oxygens (including phenoxy) is 1. The highest BCUT2D eigenvalue weighted by Gasteiger charge is 2.28. The molecule has 1 aliphatic rings. The van der Waals surface area contributed by atoms with Gasteiger partial charge in [-0.3, -0.25) is 0 Å². The van der Waals surface area contributed by atoms with Crippen molar-refractivity contribution in [3.63, 3.8) is 0 Å². The Morgan fingerprint density at radius 2 is 2.24 bits per heavy atom. The maximum atomic E-state index is 6.05. The van der Waals surface area contributed by atoms with Crippen molar-refractivity contribution in [3.8, 4) is 17.0 Å². The lowest BCUT2D eigenvalue weighted by molar-refractivity contribution is 0.415. The molecule has 17 heavy (non-hydrogen) atoms. The van der Waals surface area contributed by atoms with Crippen LogP contribution in [-0.2, 0) is 0 Å². The normalized spacial score (nSPS) is 14.9. The third kappa shape index (κ3) is 2.00.